The van der Waals surface area contributed by atoms with Gasteiger partial charge in [-0.25, -0.2) is 4.98 Å². The predicted molar refractivity (Wildman–Crippen MR) is 121 cm³/mol. The zero-order valence-corrected chi connectivity index (χ0v) is 17.7. The highest BCUT2D eigenvalue weighted by Crippen LogP contribution is 2.30. The van der Waals surface area contributed by atoms with E-state index in [1.54, 1.807) is 11.6 Å². The lowest BCUT2D eigenvalue weighted by molar-refractivity contribution is 0.108. The zero-order chi connectivity index (χ0) is 21.5. The van der Waals surface area contributed by atoms with Crippen LogP contribution in [0.1, 0.15) is 12.5 Å². The fourth-order valence-corrected chi connectivity index (χ4v) is 3.24. The van der Waals surface area contributed by atoms with Crippen molar-refractivity contribution in [2.45, 2.75) is 13.5 Å². The Balaban J connectivity index is 1.61. The molecule has 0 atom stereocenters. The van der Waals surface area contributed by atoms with Gasteiger partial charge in [-0.05, 0) is 36.8 Å². The molecule has 160 valence electrons. The van der Waals surface area contributed by atoms with E-state index >= 15 is 0 Å². The number of fused-ring (bicyclic) bond motifs is 1. The van der Waals surface area contributed by atoms with Gasteiger partial charge in [-0.15, -0.1) is 5.10 Å². The van der Waals surface area contributed by atoms with Crippen LogP contribution in [-0.4, -0.2) is 41.5 Å². The Morgan fingerprint density at radius 3 is 2.65 bits per heavy atom. The number of imidazole rings is 1. The molecule has 0 fully saturated rings. The molecule has 0 saturated carbocycles. The monoisotopic (exact) mass is 418 g/mol. The number of benzene rings is 2. The summed E-state index contributed by atoms with van der Waals surface area (Å²) in [5.74, 6) is 2.16. The van der Waals surface area contributed by atoms with Gasteiger partial charge in [-0.1, -0.05) is 42.5 Å². The average molecular weight is 418 g/mol. The summed E-state index contributed by atoms with van der Waals surface area (Å²) in [5.41, 5.74) is 3.56. The Labute approximate surface area is 181 Å². The van der Waals surface area contributed by atoms with Gasteiger partial charge in [0.1, 0.15) is 23.9 Å². The van der Waals surface area contributed by atoms with Crippen LogP contribution in [0.2, 0.25) is 0 Å². The van der Waals surface area contributed by atoms with Gasteiger partial charge in [0, 0.05) is 18.7 Å². The fraction of sp³-hybridized carbons (Fsp3) is 0.250. The van der Waals surface area contributed by atoms with Crippen molar-refractivity contribution in [1.82, 2.24) is 14.6 Å². The molecule has 2 aromatic heterocycles. The zero-order valence-electron chi connectivity index (χ0n) is 17.7. The summed E-state index contributed by atoms with van der Waals surface area (Å²) >= 11 is 0. The largest absolute Gasteiger partial charge is 0.497 e. The molecule has 0 bridgehead atoms. The molecule has 2 heterocycles. The minimum Gasteiger partial charge on any atom is -0.497 e. The molecule has 0 aliphatic heterocycles. The van der Waals surface area contributed by atoms with Crippen molar-refractivity contribution < 1.29 is 14.2 Å². The molecule has 4 aromatic rings. The van der Waals surface area contributed by atoms with Gasteiger partial charge in [0.05, 0.1) is 13.7 Å². The molecule has 0 aliphatic rings. The van der Waals surface area contributed by atoms with Gasteiger partial charge in [-0.2, -0.15) is 4.52 Å². The van der Waals surface area contributed by atoms with Gasteiger partial charge in [0.25, 0.3) is 0 Å². The van der Waals surface area contributed by atoms with E-state index in [2.05, 4.69) is 5.32 Å². The van der Waals surface area contributed by atoms with E-state index in [-0.39, 0.29) is 0 Å². The molecule has 0 amide bonds. The summed E-state index contributed by atoms with van der Waals surface area (Å²) in [6, 6.07) is 21.8. The van der Waals surface area contributed by atoms with Crippen LogP contribution in [0.25, 0.3) is 16.9 Å². The molecule has 0 unspecified atom stereocenters. The van der Waals surface area contributed by atoms with Crippen LogP contribution in [0.4, 0.5) is 5.82 Å². The molecule has 2 aromatic carbocycles. The van der Waals surface area contributed by atoms with Gasteiger partial charge in [-0.3, -0.25) is 0 Å². The predicted octanol–water partition coefficient (Wildman–Crippen LogP) is 4.43. The molecular weight excluding hydrogens is 392 g/mol. The van der Waals surface area contributed by atoms with Crippen molar-refractivity contribution in [3.63, 3.8) is 0 Å². The highest BCUT2D eigenvalue weighted by Gasteiger charge is 2.17. The molecule has 0 saturated heterocycles. The summed E-state index contributed by atoms with van der Waals surface area (Å²) in [7, 11) is 1.67. The second kappa shape index (κ2) is 9.95. The summed E-state index contributed by atoms with van der Waals surface area (Å²) < 4.78 is 18.5. The van der Waals surface area contributed by atoms with E-state index < -0.39 is 0 Å². The van der Waals surface area contributed by atoms with Crippen LogP contribution in [0.15, 0.2) is 66.7 Å². The number of hydrogen-bond acceptors (Lipinski definition) is 6. The third kappa shape index (κ3) is 4.95. The number of nitrogens with zero attached hydrogens (tertiary/aromatic N) is 3. The first kappa shape index (κ1) is 20.7. The Morgan fingerprint density at radius 1 is 0.968 bits per heavy atom. The van der Waals surface area contributed by atoms with Gasteiger partial charge in [0.2, 0.25) is 5.88 Å². The molecule has 7 nitrogen and oxygen atoms in total. The van der Waals surface area contributed by atoms with Crippen LogP contribution in [0.5, 0.6) is 11.6 Å². The maximum atomic E-state index is 6.06. The fourth-order valence-electron chi connectivity index (χ4n) is 3.24. The number of rotatable bonds is 10. The molecule has 1 N–H and O–H groups in total. The number of hydrogen-bond donors (Lipinski definition) is 1. The van der Waals surface area contributed by atoms with Crippen LogP contribution >= 0.6 is 0 Å². The third-order valence-corrected chi connectivity index (χ3v) is 4.76. The van der Waals surface area contributed by atoms with Crippen molar-refractivity contribution in [2.75, 3.05) is 32.2 Å². The molecule has 0 radical (unpaired) electrons. The number of methoxy groups -OCH3 is 1. The lowest BCUT2D eigenvalue weighted by Gasteiger charge is -2.10. The second-order valence-electron chi connectivity index (χ2n) is 6.87. The summed E-state index contributed by atoms with van der Waals surface area (Å²) in [6.45, 7) is 4.16. The quantitative estimate of drug-likeness (QED) is 0.384. The number of aromatic nitrogens is 3. The first-order chi connectivity index (χ1) is 15.3. The average Bonchev–Trinajstić information content (AvgIpc) is 3.19. The van der Waals surface area contributed by atoms with Crippen molar-refractivity contribution in [2.24, 2.45) is 0 Å². The molecule has 4 rings (SSSR count). The van der Waals surface area contributed by atoms with Gasteiger partial charge in [0.15, 0.2) is 5.65 Å². The molecular formula is C24H26N4O3. The molecule has 0 aliphatic carbocycles. The first-order valence-electron chi connectivity index (χ1n) is 10.3. The lowest BCUT2D eigenvalue weighted by Crippen LogP contribution is -2.10. The Hall–Kier alpha value is -3.58. The third-order valence-electron chi connectivity index (χ3n) is 4.76. The van der Waals surface area contributed by atoms with Crippen molar-refractivity contribution in [3.05, 3.63) is 72.3 Å². The normalized spacial score (nSPS) is 10.9. The topological polar surface area (TPSA) is 69.9 Å². The van der Waals surface area contributed by atoms with E-state index in [1.807, 2.05) is 73.7 Å². The summed E-state index contributed by atoms with van der Waals surface area (Å²) in [6.07, 6.45) is 0. The Kier molecular flexibility index (Phi) is 6.64. The molecule has 31 heavy (non-hydrogen) atoms. The van der Waals surface area contributed by atoms with Crippen LogP contribution < -0.4 is 14.8 Å². The van der Waals surface area contributed by atoms with Crippen molar-refractivity contribution in [3.8, 4) is 22.9 Å². The lowest BCUT2D eigenvalue weighted by atomic mass is 10.2. The number of ether oxygens (including phenoxy) is 3. The molecule has 0 spiro atoms. The van der Waals surface area contributed by atoms with E-state index in [4.69, 9.17) is 24.3 Å². The SMILES string of the molecule is CCOCCOc1c(-c2ccccc2)nc2ccc(NCc3cccc(OC)c3)nn12. The van der Waals surface area contributed by atoms with E-state index in [9.17, 15) is 0 Å². The van der Waals surface area contributed by atoms with Crippen LogP contribution in [-0.2, 0) is 11.3 Å². The van der Waals surface area contributed by atoms with Crippen molar-refractivity contribution >= 4 is 11.5 Å². The Bertz CT molecular complexity index is 1130. The van der Waals surface area contributed by atoms with Crippen LogP contribution in [0, 0.1) is 0 Å². The minimum atomic E-state index is 0.421. The van der Waals surface area contributed by atoms with Crippen LogP contribution in [0.3, 0.4) is 0 Å². The highest BCUT2D eigenvalue weighted by atomic mass is 16.5. The van der Waals surface area contributed by atoms with Gasteiger partial charge >= 0.3 is 0 Å². The second-order valence-corrected chi connectivity index (χ2v) is 6.87. The Morgan fingerprint density at radius 2 is 1.84 bits per heavy atom. The summed E-state index contributed by atoms with van der Waals surface area (Å²) in [5, 5.41) is 8.09. The number of anilines is 1. The summed E-state index contributed by atoms with van der Waals surface area (Å²) in [4.78, 5) is 4.75. The first-order valence-corrected chi connectivity index (χ1v) is 10.3. The minimum absolute atomic E-state index is 0.421. The highest BCUT2D eigenvalue weighted by molar-refractivity contribution is 5.69. The standard InChI is InChI=1S/C24H26N4O3/c1-3-30-14-15-31-24-23(19-9-5-4-6-10-19)26-22-13-12-21(27-28(22)24)25-17-18-8-7-11-20(16-18)29-2/h4-13,16H,3,14-15,17H2,1-2H3,(H,25,27). The number of nitrogens with one attached hydrogen (secondary N) is 1. The van der Waals surface area contributed by atoms with E-state index in [1.165, 1.54) is 0 Å². The smallest absolute Gasteiger partial charge is 0.244 e. The van der Waals surface area contributed by atoms with E-state index in [0.29, 0.717) is 32.2 Å². The van der Waals surface area contributed by atoms with E-state index in [0.717, 1.165) is 34.0 Å². The maximum absolute atomic E-state index is 6.06. The van der Waals surface area contributed by atoms with Crippen molar-refractivity contribution in [1.29, 1.82) is 0 Å². The maximum Gasteiger partial charge on any atom is 0.244 e. The molecule has 7 heteroatoms. The van der Waals surface area contributed by atoms with Gasteiger partial charge < -0.3 is 19.5 Å².